The van der Waals surface area contributed by atoms with Crippen LogP contribution >= 0.6 is 0 Å². The van der Waals surface area contributed by atoms with Gasteiger partial charge in [-0.1, -0.05) is 6.92 Å². The van der Waals surface area contributed by atoms with E-state index in [1.807, 2.05) is 18.7 Å². The Morgan fingerprint density at radius 3 is 2.50 bits per heavy atom. The minimum atomic E-state index is -4.37. The first-order valence-electron chi connectivity index (χ1n) is 13.5. The number of hydrogen-bond acceptors (Lipinski definition) is 9. The van der Waals surface area contributed by atoms with Crippen molar-refractivity contribution in [2.45, 2.75) is 65.1 Å². The second-order valence-electron chi connectivity index (χ2n) is 11.6. The molecule has 1 saturated carbocycles. The normalized spacial score (nSPS) is 19.9. The van der Waals surface area contributed by atoms with Crippen LogP contribution in [0, 0.1) is 16.7 Å². The number of rotatable bonds is 11. The van der Waals surface area contributed by atoms with Gasteiger partial charge in [-0.3, -0.25) is 4.79 Å². The van der Waals surface area contributed by atoms with E-state index in [0.717, 1.165) is 12.6 Å². The summed E-state index contributed by atoms with van der Waals surface area (Å²) in [5.74, 6) is 0.0387. The number of nitrogens with zero attached hydrogens (tertiary/aromatic N) is 4. The van der Waals surface area contributed by atoms with Crippen molar-refractivity contribution >= 4 is 27.5 Å². The van der Waals surface area contributed by atoms with E-state index in [2.05, 4.69) is 22.1 Å². The zero-order valence-electron chi connectivity index (χ0n) is 24.2. The maximum Gasteiger partial charge on any atom is 0.394 e. The van der Waals surface area contributed by atoms with Crippen molar-refractivity contribution in [2.24, 2.45) is 11.3 Å². The number of nitrogens with one attached hydrogen (secondary N) is 3. The maximum absolute atomic E-state index is 13.4. The van der Waals surface area contributed by atoms with Crippen molar-refractivity contribution in [3.8, 4) is 11.7 Å². The standard InChI is InChI=1S/C27H36F3N7O4S/c1-17-14-25(3,4)36(16-17)23-19(24(38)35-42(39,40)20(15-32-5)18(2)31)6-7-21(33-23)37-12-8-22(34-37)41-13-11-26(9-10-26)27(28,29)30/h6-8,12,15,17,31-32H,9-11,13-14,16H2,1-5H3,(H,35,38)/b20-15+,31-18?/t17-/m0/s1. The third kappa shape index (κ3) is 6.40. The molecule has 230 valence electrons. The molecule has 0 spiro atoms. The number of anilines is 1. The van der Waals surface area contributed by atoms with Gasteiger partial charge in [0.15, 0.2) is 5.82 Å². The smallest absolute Gasteiger partial charge is 0.394 e. The summed E-state index contributed by atoms with van der Waals surface area (Å²) in [5.41, 5.74) is -2.31. The Balaban J connectivity index is 1.62. The molecule has 1 aliphatic heterocycles. The molecule has 2 aromatic heterocycles. The minimum absolute atomic E-state index is 0.0152. The lowest BCUT2D eigenvalue weighted by Crippen LogP contribution is -2.41. The van der Waals surface area contributed by atoms with E-state index in [1.54, 1.807) is 6.20 Å². The first-order chi connectivity index (χ1) is 19.5. The van der Waals surface area contributed by atoms with Crippen LogP contribution in [0.4, 0.5) is 19.0 Å². The van der Waals surface area contributed by atoms with Crippen molar-refractivity contribution in [3.63, 3.8) is 0 Å². The monoisotopic (exact) mass is 611 g/mol. The van der Waals surface area contributed by atoms with E-state index < -0.39 is 33.1 Å². The van der Waals surface area contributed by atoms with Gasteiger partial charge in [-0.25, -0.2) is 22.8 Å². The first-order valence-corrected chi connectivity index (χ1v) is 15.0. The summed E-state index contributed by atoms with van der Waals surface area (Å²) in [6.07, 6.45) is -0.738. The van der Waals surface area contributed by atoms with E-state index in [9.17, 15) is 26.4 Å². The van der Waals surface area contributed by atoms with Gasteiger partial charge < -0.3 is 20.4 Å². The maximum atomic E-state index is 13.4. The van der Waals surface area contributed by atoms with E-state index in [1.165, 1.54) is 36.9 Å². The summed E-state index contributed by atoms with van der Waals surface area (Å²) in [6, 6.07) is 4.45. The predicted molar refractivity (Wildman–Crippen MR) is 151 cm³/mol. The van der Waals surface area contributed by atoms with Gasteiger partial charge >= 0.3 is 6.18 Å². The molecule has 15 heteroatoms. The molecule has 2 aromatic rings. The van der Waals surface area contributed by atoms with Gasteiger partial charge in [0, 0.05) is 37.6 Å². The number of carbonyl (C=O) groups is 1. The summed E-state index contributed by atoms with van der Waals surface area (Å²) < 4.78 is 74.5. The van der Waals surface area contributed by atoms with E-state index in [-0.39, 0.29) is 59.7 Å². The Labute approximate surface area is 243 Å². The molecule has 3 N–H and O–H groups in total. The van der Waals surface area contributed by atoms with Gasteiger partial charge in [0.2, 0.25) is 5.88 Å². The van der Waals surface area contributed by atoms with E-state index >= 15 is 0 Å². The fourth-order valence-corrected chi connectivity index (χ4v) is 6.49. The number of alkyl halides is 3. The summed E-state index contributed by atoms with van der Waals surface area (Å²) >= 11 is 0. The molecule has 0 bridgehead atoms. The highest BCUT2D eigenvalue weighted by molar-refractivity contribution is 7.94. The van der Waals surface area contributed by atoms with E-state index in [0.29, 0.717) is 12.4 Å². The Hall–Kier alpha value is -3.62. The largest absolute Gasteiger partial charge is 0.477 e. The second kappa shape index (κ2) is 11.2. The lowest BCUT2D eigenvalue weighted by atomic mass is 9.97. The van der Waals surface area contributed by atoms with Crippen molar-refractivity contribution in [1.29, 1.82) is 5.41 Å². The number of pyridine rings is 1. The Morgan fingerprint density at radius 2 is 1.95 bits per heavy atom. The van der Waals surface area contributed by atoms with Gasteiger partial charge in [0.25, 0.3) is 15.9 Å². The molecule has 1 amide bonds. The molecule has 2 aliphatic rings. The molecule has 4 rings (SSSR count). The zero-order valence-corrected chi connectivity index (χ0v) is 25.0. The van der Waals surface area contributed by atoms with Crippen LogP contribution in [0.1, 0.15) is 63.7 Å². The Morgan fingerprint density at radius 1 is 1.26 bits per heavy atom. The highest BCUT2D eigenvalue weighted by atomic mass is 32.2. The molecule has 0 radical (unpaired) electrons. The number of amides is 1. The van der Waals surface area contributed by atoms with Crippen LogP contribution in [0.3, 0.4) is 0 Å². The van der Waals surface area contributed by atoms with Crippen molar-refractivity contribution in [2.75, 3.05) is 25.1 Å². The molecule has 11 nitrogen and oxygen atoms in total. The SMILES string of the molecule is CN/C=C(\C(C)=N)S(=O)(=O)NC(=O)c1ccc(-n2ccc(OCCC3(C(F)(F)F)CC3)n2)nc1N1C[C@@H](C)CC1(C)C. The van der Waals surface area contributed by atoms with Crippen LogP contribution in [0.15, 0.2) is 35.5 Å². The highest BCUT2D eigenvalue weighted by Gasteiger charge is 2.62. The molecule has 1 aliphatic carbocycles. The molecule has 3 heterocycles. The lowest BCUT2D eigenvalue weighted by molar-refractivity contribution is -0.190. The fourth-order valence-electron chi connectivity index (χ4n) is 5.35. The van der Waals surface area contributed by atoms with Crippen molar-refractivity contribution < 1.29 is 31.1 Å². The average molecular weight is 612 g/mol. The van der Waals surface area contributed by atoms with Crippen molar-refractivity contribution in [3.05, 3.63) is 41.1 Å². The van der Waals surface area contributed by atoms with Gasteiger partial charge in [-0.15, -0.1) is 5.10 Å². The van der Waals surface area contributed by atoms with Gasteiger partial charge in [-0.2, -0.15) is 13.2 Å². The molecule has 0 aromatic carbocycles. The number of ether oxygens (including phenoxy) is 1. The molecule has 2 fully saturated rings. The van der Waals surface area contributed by atoms with Crippen LogP contribution < -0.4 is 19.7 Å². The Bertz CT molecular complexity index is 1500. The quantitative estimate of drug-likeness (QED) is 0.322. The molecular weight excluding hydrogens is 575 g/mol. The number of hydrogen-bond donors (Lipinski definition) is 3. The van der Waals surface area contributed by atoms with E-state index in [4.69, 9.17) is 15.1 Å². The number of allylic oxidation sites excluding steroid dienone is 1. The van der Waals surface area contributed by atoms with Crippen LogP contribution in [-0.4, -0.2) is 66.7 Å². The molecule has 1 atom stereocenters. The summed E-state index contributed by atoms with van der Waals surface area (Å²) in [4.78, 5) is 19.6. The van der Waals surface area contributed by atoms with Crippen LogP contribution in [-0.2, 0) is 10.0 Å². The van der Waals surface area contributed by atoms with Gasteiger partial charge in [0.05, 0.1) is 23.3 Å². The second-order valence-corrected chi connectivity index (χ2v) is 13.3. The molecular formula is C27H36F3N7O4S. The van der Waals surface area contributed by atoms with Gasteiger partial charge in [0.1, 0.15) is 10.7 Å². The van der Waals surface area contributed by atoms with Crippen molar-refractivity contribution in [1.82, 2.24) is 24.8 Å². The predicted octanol–water partition coefficient (Wildman–Crippen LogP) is 4.16. The first kappa shape index (κ1) is 31.3. The number of halogens is 3. The Kier molecular flexibility index (Phi) is 8.37. The summed E-state index contributed by atoms with van der Waals surface area (Å²) in [5, 5.41) is 14.7. The molecule has 0 unspecified atom stereocenters. The zero-order chi connectivity index (χ0) is 31.1. The third-order valence-corrected chi connectivity index (χ3v) is 9.14. The number of aromatic nitrogens is 3. The lowest BCUT2D eigenvalue weighted by Gasteiger charge is -2.34. The number of sulfonamides is 1. The number of carbonyl (C=O) groups excluding carboxylic acids is 1. The van der Waals surface area contributed by atoms with Gasteiger partial charge in [-0.05, 0) is 64.5 Å². The summed E-state index contributed by atoms with van der Waals surface area (Å²) in [7, 11) is -2.89. The average Bonchev–Trinajstić information content (AvgIpc) is 3.44. The van der Waals surface area contributed by atoms with Crippen LogP contribution in [0.5, 0.6) is 5.88 Å². The minimum Gasteiger partial charge on any atom is -0.477 e. The topological polar surface area (TPSA) is 142 Å². The van der Waals surface area contributed by atoms with Crippen LogP contribution in [0.25, 0.3) is 5.82 Å². The molecule has 1 saturated heterocycles. The fraction of sp³-hybridized carbons (Fsp3) is 0.556. The van der Waals surface area contributed by atoms with Crippen LogP contribution in [0.2, 0.25) is 0 Å². The summed E-state index contributed by atoms with van der Waals surface area (Å²) in [6.45, 7) is 7.80. The molecule has 42 heavy (non-hydrogen) atoms. The third-order valence-electron chi connectivity index (χ3n) is 7.68. The highest BCUT2D eigenvalue weighted by Crippen LogP contribution is 2.59.